The number of imidazole rings is 1. The molecule has 0 unspecified atom stereocenters. The number of hydrogen-bond acceptors (Lipinski definition) is 7. The summed E-state index contributed by atoms with van der Waals surface area (Å²) in [6.45, 7) is 0.561. The monoisotopic (exact) mass is 498 g/mol. The van der Waals surface area contributed by atoms with Crippen LogP contribution in [0.25, 0.3) is 55.8 Å². The minimum absolute atomic E-state index is 0.108. The first kappa shape index (κ1) is 21.7. The van der Waals surface area contributed by atoms with E-state index in [1.54, 1.807) is 48.4 Å². The Morgan fingerprint density at radius 2 is 1.95 bits per heavy atom. The number of hydrogen-bond donors (Lipinski definition) is 2. The van der Waals surface area contributed by atoms with Crippen LogP contribution in [0.2, 0.25) is 0 Å². The van der Waals surface area contributed by atoms with Gasteiger partial charge in [0.1, 0.15) is 11.2 Å². The Morgan fingerprint density at radius 1 is 1.03 bits per heavy atom. The van der Waals surface area contributed by atoms with E-state index in [-0.39, 0.29) is 13.0 Å². The van der Waals surface area contributed by atoms with E-state index in [4.69, 9.17) is 9.40 Å². The quantitative estimate of drug-likeness (QED) is 0.342. The molecule has 0 atom stereocenters. The fourth-order valence-corrected chi connectivity index (χ4v) is 4.84. The molecule has 0 bridgehead atoms. The van der Waals surface area contributed by atoms with Gasteiger partial charge in [-0.25, -0.2) is 13.8 Å². The molecule has 0 amide bonds. The smallest absolute Gasteiger partial charge is 0.261 e. The molecule has 0 aliphatic carbocycles. The molecule has 6 aromatic heterocycles. The van der Waals surface area contributed by atoms with Crippen molar-refractivity contribution in [2.45, 2.75) is 18.9 Å². The Bertz CT molecular complexity index is 1740. The number of alkyl halides is 2. The molecule has 0 aromatic carbocycles. The first-order valence-electron chi connectivity index (χ1n) is 11.8. The van der Waals surface area contributed by atoms with Crippen LogP contribution in [0.15, 0.2) is 66.1 Å². The van der Waals surface area contributed by atoms with E-state index in [1.165, 1.54) is 0 Å². The third kappa shape index (κ3) is 3.93. The minimum Gasteiger partial charge on any atom is -0.472 e. The highest BCUT2D eigenvalue weighted by Crippen LogP contribution is 2.33. The van der Waals surface area contributed by atoms with Crippen LogP contribution in [0.5, 0.6) is 0 Å². The second-order valence-corrected chi connectivity index (χ2v) is 9.27. The number of aromatic nitrogens is 7. The molecule has 1 aliphatic rings. The third-order valence-electron chi connectivity index (χ3n) is 6.64. The molecule has 1 fully saturated rings. The van der Waals surface area contributed by atoms with Crippen LogP contribution in [0.3, 0.4) is 0 Å². The number of nitrogens with zero attached hydrogens (tertiary/aromatic N) is 6. The number of H-pyrrole nitrogens is 2. The molecule has 37 heavy (non-hydrogen) atoms. The van der Waals surface area contributed by atoms with Gasteiger partial charge in [-0.2, -0.15) is 5.10 Å². The molecular formula is C26H20F2N8O. The second-order valence-electron chi connectivity index (χ2n) is 9.27. The van der Waals surface area contributed by atoms with Gasteiger partial charge in [-0.15, -0.1) is 0 Å². The van der Waals surface area contributed by atoms with E-state index in [0.29, 0.717) is 30.3 Å². The Morgan fingerprint density at radius 3 is 2.78 bits per heavy atom. The van der Waals surface area contributed by atoms with Crippen molar-refractivity contribution in [3.63, 3.8) is 0 Å². The Hall–Kier alpha value is -4.51. The predicted octanol–water partition coefficient (Wildman–Crippen LogP) is 5.06. The van der Waals surface area contributed by atoms with E-state index in [0.717, 1.165) is 44.2 Å². The van der Waals surface area contributed by atoms with Crippen molar-refractivity contribution in [3.8, 4) is 33.9 Å². The summed E-state index contributed by atoms with van der Waals surface area (Å²) in [6, 6.07) is 5.74. The van der Waals surface area contributed by atoms with E-state index < -0.39 is 5.92 Å². The first-order chi connectivity index (χ1) is 18.0. The number of likely N-dealkylation sites (tertiary alicyclic amines) is 1. The lowest BCUT2D eigenvalue weighted by molar-refractivity contribution is 0.0115. The number of pyridine rings is 3. The topological polar surface area (TPSA) is 112 Å². The molecule has 1 aliphatic heterocycles. The highest BCUT2D eigenvalue weighted by molar-refractivity contribution is 5.97. The van der Waals surface area contributed by atoms with Gasteiger partial charge in [0.15, 0.2) is 5.82 Å². The highest BCUT2D eigenvalue weighted by atomic mass is 19.3. The van der Waals surface area contributed by atoms with Gasteiger partial charge in [-0.05, 0) is 23.8 Å². The number of rotatable bonds is 5. The van der Waals surface area contributed by atoms with Crippen molar-refractivity contribution in [2.75, 3.05) is 13.1 Å². The fraction of sp³-hybridized carbons (Fsp3) is 0.192. The maximum atomic E-state index is 13.6. The van der Waals surface area contributed by atoms with Crippen LogP contribution in [0.4, 0.5) is 8.78 Å². The summed E-state index contributed by atoms with van der Waals surface area (Å²) in [6.07, 6.45) is 11.8. The number of furan rings is 1. The summed E-state index contributed by atoms with van der Waals surface area (Å²) in [5, 5.41) is 8.36. The van der Waals surface area contributed by atoms with Gasteiger partial charge < -0.3 is 9.40 Å². The average molecular weight is 498 g/mol. The van der Waals surface area contributed by atoms with Crippen LogP contribution in [0.1, 0.15) is 12.0 Å². The zero-order valence-corrected chi connectivity index (χ0v) is 19.4. The van der Waals surface area contributed by atoms with Gasteiger partial charge in [-0.1, -0.05) is 0 Å². The summed E-state index contributed by atoms with van der Waals surface area (Å²) >= 11 is 0. The summed E-state index contributed by atoms with van der Waals surface area (Å²) in [5.74, 6) is -2.03. The first-order valence-corrected chi connectivity index (χ1v) is 11.8. The zero-order valence-electron chi connectivity index (χ0n) is 19.4. The molecule has 6 aromatic rings. The molecule has 2 N–H and O–H groups in total. The van der Waals surface area contributed by atoms with Crippen molar-refractivity contribution >= 4 is 21.9 Å². The highest BCUT2D eigenvalue weighted by Gasteiger charge is 2.37. The molecule has 0 spiro atoms. The van der Waals surface area contributed by atoms with Gasteiger partial charge in [0, 0.05) is 60.2 Å². The molecule has 0 saturated carbocycles. The van der Waals surface area contributed by atoms with Gasteiger partial charge in [-0.3, -0.25) is 25.0 Å². The molecule has 9 nitrogen and oxygen atoms in total. The third-order valence-corrected chi connectivity index (χ3v) is 6.64. The maximum Gasteiger partial charge on any atom is 0.261 e. The largest absolute Gasteiger partial charge is 0.472 e. The SMILES string of the molecule is FC1(F)CCN(Cc2cncc(-c3cc4c(-c5nc6c(-c7ccoc7)cncc6[nH]5)n[nH]c4cn3)c2)C1. The van der Waals surface area contributed by atoms with E-state index in [1.807, 2.05) is 18.2 Å². The van der Waals surface area contributed by atoms with Crippen molar-refractivity contribution in [1.29, 1.82) is 0 Å². The second kappa shape index (κ2) is 8.27. The van der Waals surface area contributed by atoms with Gasteiger partial charge in [0.2, 0.25) is 0 Å². The zero-order chi connectivity index (χ0) is 25.0. The van der Waals surface area contributed by atoms with Crippen LogP contribution < -0.4 is 0 Å². The molecular weight excluding hydrogens is 478 g/mol. The van der Waals surface area contributed by atoms with E-state index >= 15 is 0 Å². The van der Waals surface area contributed by atoms with Crippen LogP contribution in [0, 0.1) is 0 Å². The van der Waals surface area contributed by atoms with Gasteiger partial charge >= 0.3 is 0 Å². The summed E-state index contributed by atoms with van der Waals surface area (Å²) in [5.41, 5.74) is 7.06. The molecule has 7 heterocycles. The maximum absolute atomic E-state index is 13.6. The van der Waals surface area contributed by atoms with Crippen LogP contribution in [-0.2, 0) is 6.54 Å². The normalized spacial score (nSPS) is 15.7. The number of fused-ring (bicyclic) bond motifs is 2. The lowest BCUT2D eigenvalue weighted by atomic mass is 10.1. The number of halogens is 2. The van der Waals surface area contributed by atoms with Gasteiger partial charge in [0.25, 0.3) is 5.92 Å². The number of nitrogens with one attached hydrogen (secondary N) is 2. The Balaban J connectivity index is 1.24. The van der Waals surface area contributed by atoms with Gasteiger partial charge in [0.05, 0.1) is 48.2 Å². The standard InChI is InChI=1S/C26H20F2N8O/c27-26(28)2-3-36(14-26)12-15-5-17(8-29-7-15)20-6-18-21(11-31-20)34-35-24(18)25-32-22-10-30-9-19(23(22)33-25)16-1-4-37-13-16/h1,4-11,13H,2-3,12,14H2,(H,32,33)(H,34,35). The molecule has 11 heteroatoms. The number of aromatic amines is 2. The predicted molar refractivity (Wildman–Crippen MR) is 133 cm³/mol. The Labute approximate surface area is 208 Å². The summed E-state index contributed by atoms with van der Waals surface area (Å²) in [7, 11) is 0. The molecule has 1 saturated heterocycles. The molecule has 184 valence electrons. The summed E-state index contributed by atoms with van der Waals surface area (Å²) < 4.78 is 32.4. The molecule has 7 rings (SSSR count). The van der Waals surface area contributed by atoms with Crippen LogP contribution >= 0.6 is 0 Å². The Kier molecular flexibility index (Phi) is 4.86. The van der Waals surface area contributed by atoms with E-state index in [2.05, 4.69) is 30.1 Å². The van der Waals surface area contributed by atoms with Crippen LogP contribution in [-0.4, -0.2) is 59.0 Å². The lowest BCUT2D eigenvalue weighted by Gasteiger charge is -2.15. The van der Waals surface area contributed by atoms with Crippen molar-refractivity contribution in [2.24, 2.45) is 0 Å². The van der Waals surface area contributed by atoms with Crippen molar-refractivity contribution < 1.29 is 13.2 Å². The van der Waals surface area contributed by atoms with Crippen molar-refractivity contribution in [3.05, 3.63) is 67.3 Å². The fourth-order valence-electron chi connectivity index (χ4n) is 4.84. The molecule has 0 radical (unpaired) electrons. The average Bonchev–Trinajstić information content (AvgIpc) is 3.69. The van der Waals surface area contributed by atoms with E-state index in [9.17, 15) is 8.78 Å². The lowest BCUT2D eigenvalue weighted by Crippen LogP contribution is -2.24. The summed E-state index contributed by atoms with van der Waals surface area (Å²) in [4.78, 5) is 23.1. The van der Waals surface area contributed by atoms with Crippen molar-refractivity contribution in [1.82, 2.24) is 40.0 Å². The minimum atomic E-state index is -2.62.